The van der Waals surface area contributed by atoms with Gasteiger partial charge in [0.1, 0.15) is 5.60 Å². The number of carbonyl (C=O) groups excluding carboxylic acids is 2. The fraction of sp³-hybridized carbons (Fsp3) is 0.500. The van der Waals surface area contributed by atoms with Crippen molar-refractivity contribution in [3.63, 3.8) is 0 Å². The molecule has 10 nitrogen and oxygen atoms in total. The number of morpholine rings is 1. The summed E-state index contributed by atoms with van der Waals surface area (Å²) in [5.41, 5.74) is -1.90. The van der Waals surface area contributed by atoms with Crippen molar-refractivity contribution in [3.8, 4) is 5.69 Å². The lowest BCUT2D eigenvalue weighted by Crippen LogP contribution is -2.63. The summed E-state index contributed by atoms with van der Waals surface area (Å²) in [7, 11) is 0. The predicted molar refractivity (Wildman–Crippen MR) is 97.7 cm³/mol. The Morgan fingerprint density at radius 2 is 2.11 bits per heavy atom. The summed E-state index contributed by atoms with van der Waals surface area (Å²) < 4.78 is 12.3. The van der Waals surface area contributed by atoms with E-state index in [0.29, 0.717) is 11.5 Å². The van der Waals surface area contributed by atoms with Crippen LogP contribution in [0.2, 0.25) is 0 Å². The van der Waals surface area contributed by atoms with Gasteiger partial charge in [-0.25, -0.2) is 9.48 Å². The zero-order valence-corrected chi connectivity index (χ0v) is 16.2. The molecule has 1 fully saturated rings. The Bertz CT molecular complexity index is 863. The molecule has 0 bridgehead atoms. The first kappa shape index (κ1) is 19.9. The lowest BCUT2D eigenvalue weighted by atomic mass is 9.95. The van der Waals surface area contributed by atoms with Crippen LogP contribution in [0.5, 0.6) is 0 Å². The molecule has 28 heavy (non-hydrogen) atoms. The maximum atomic E-state index is 13.1. The third-order valence-corrected chi connectivity index (χ3v) is 4.22. The van der Waals surface area contributed by atoms with Crippen LogP contribution in [-0.2, 0) is 19.1 Å². The van der Waals surface area contributed by atoms with Gasteiger partial charge in [0.15, 0.2) is 17.5 Å². The fourth-order valence-electron chi connectivity index (χ4n) is 2.80. The molecule has 0 aliphatic carbocycles. The Hall–Kier alpha value is -2.85. The van der Waals surface area contributed by atoms with Crippen molar-refractivity contribution in [3.05, 3.63) is 30.7 Å². The number of hydrogen-bond acceptors (Lipinski definition) is 8. The van der Waals surface area contributed by atoms with Crippen LogP contribution in [0.1, 0.15) is 27.7 Å². The Balaban J connectivity index is 1.82. The van der Waals surface area contributed by atoms with Crippen LogP contribution < -0.4 is 4.90 Å². The second kappa shape index (κ2) is 7.28. The summed E-state index contributed by atoms with van der Waals surface area (Å²) in [5.74, 6) is -1.12. The molecule has 0 unspecified atom stereocenters. The van der Waals surface area contributed by atoms with Crippen molar-refractivity contribution in [2.75, 3.05) is 18.1 Å². The summed E-state index contributed by atoms with van der Waals surface area (Å²) in [5, 5.41) is 22.4. The number of ether oxygens (including phenoxy) is 2. The number of amides is 1. The number of carbonyl (C=O) groups is 2. The van der Waals surface area contributed by atoms with E-state index in [9.17, 15) is 14.7 Å². The minimum Gasteiger partial charge on any atom is -0.458 e. The lowest BCUT2D eigenvalue weighted by Gasteiger charge is -2.40. The zero-order chi connectivity index (χ0) is 20.5. The topological polar surface area (TPSA) is 120 Å². The molecule has 3 heterocycles. The highest BCUT2D eigenvalue weighted by atomic mass is 16.6. The molecular weight excluding hydrogens is 366 g/mol. The number of aromatic nitrogens is 4. The smallest absolute Gasteiger partial charge is 0.339 e. The number of anilines is 1. The Morgan fingerprint density at radius 3 is 2.75 bits per heavy atom. The van der Waals surface area contributed by atoms with Gasteiger partial charge >= 0.3 is 5.97 Å². The van der Waals surface area contributed by atoms with E-state index in [1.807, 2.05) is 0 Å². The van der Waals surface area contributed by atoms with E-state index in [2.05, 4.69) is 15.3 Å². The lowest BCUT2D eigenvalue weighted by molar-refractivity contribution is -0.191. The highest BCUT2D eigenvalue weighted by Gasteiger charge is 2.52. The molecule has 10 heteroatoms. The average molecular weight is 389 g/mol. The number of hydrogen-bond donors (Lipinski definition) is 1. The second-order valence-electron chi connectivity index (χ2n) is 7.57. The van der Waals surface area contributed by atoms with Gasteiger partial charge in [-0.05, 0) is 33.8 Å². The number of aliphatic hydroxyl groups is 1. The van der Waals surface area contributed by atoms with Gasteiger partial charge in [0.25, 0.3) is 5.91 Å². The first-order chi connectivity index (χ1) is 13.1. The Kier molecular flexibility index (Phi) is 5.18. The van der Waals surface area contributed by atoms with Crippen molar-refractivity contribution in [1.29, 1.82) is 0 Å². The quantitative estimate of drug-likeness (QED) is 0.750. The molecule has 1 amide bonds. The molecule has 0 spiro atoms. The first-order valence-electron chi connectivity index (χ1n) is 8.81. The van der Waals surface area contributed by atoms with Gasteiger partial charge in [-0.1, -0.05) is 0 Å². The SMILES string of the molecule is CC(C)(C)OC(=O)[C@H](O)[C@@]1(C)OCCN(c2ccn(-c3ccnnc3)n2)C1=O. The molecule has 3 rings (SSSR count). The van der Waals surface area contributed by atoms with Crippen molar-refractivity contribution in [1.82, 2.24) is 20.0 Å². The molecule has 0 aromatic carbocycles. The van der Waals surface area contributed by atoms with E-state index in [4.69, 9.17) is 9.47 Å². The van der Waals surface area contributed by atoms with E-state index in [1.165, 1.54) is 24.2 Å². The minimum absolute atomic E-state index is 0.131. The molecule has 1 saturated heterocycles. The van der Waals surface area contributed by atoms with E-state index < -0.39 is 29.2 Å². The zero-order valence-electron chi connectivity index (χ0n) is 16.2. The monoisotopic (exact) mass is 389 g/mol. The normalized spacial score (nSPS) is 21.5. The number of esters is 1. The molecule has 1 aliphatic heterocycles. The average Bonchev–Trinajstić information content (AvgIpc) is 3.12. The van der Waals surface area contributed by atoms with Crippen molar-refractivity contribution in [2.45, 2.75) is 45.0 Å². The van der Waals surface area contributed by atoms with E-state index in [-0.39, 0.29) is 13.2 Å². The largest absolute Gasteiger partial charge is 0.458 e. The number of nitrogens with zero attached hydrogens (tertiary/aromatic N) is 5. The van der Waals surface area contributed by atoms with Gasteiger partial charge in [-0.3, -0.25) is 9.69 Å². The summed E-state index contributed by atoms with van der Waals surface area (Å²) in [6.45, 7) is 6.77. The number of aliphatic hydroxyl groups excluding tert-OH is 1. The van der Waals surface area contributed by atoms with Gasteiger partial charge in [0, 0.05) is 12.3 Å². The van der Waals surface area contributed by atoms with Gasteiger partial charge in [-0.2, -0.15) is 10.2 Å². The highest BCUT2D eigenvalue weighted by Crippen LogP contribution is 2.28. The van der Waals surface area contributed by atoms with Gasteiger partial charge < -0.3 is 14.6 Å². The summed E-state index contributed by atoms with van der Waals surface area (Å²) in [4.78, 5) is 26.7. The molecular formula is C18H23N5O5. The summed E-state index contributed by atoms with van der Waals surface area (Å²) in [6, 6.07) is 3.38. The fourth-order valence-corrected chi connectivity index (χ4v) is 2.80. The van der Waals surface area contributed by atoms with Crippen LogP contribution in [-0.4, -0.2) is 67.4 Å². The van der Waals surface area contributed by atoms with Gasteiger partial charge in [-0.15, -0.1) is 5.10 Å². The van der Waals surface area contributed by atoms with Crippen LogP contribution in [0.3, 0.4) is 0 Å². The summed E-state index contributed by atoms with van der Waals surface area (Å²) >= 11 is 0. The summed E-state index contributed by atoms with van der Waals surface area (Å²) in [6.07, 6.45) is 2.98. The van der Waals surface area contributed by atoms with Crippen LogP contribution in [0.25, 0.3) is 5.69 Å². The maximum Gasteiger partial charge on any atom is 0.339 e. The minimum atomic E-state index is -1.78. The van der Waals surface area contributed by atoms with Crippen molar-refractivity contribution >= 4 is 17.7 Å². The first-order valence-corrected chi connectivity index (χ1v) is 8.81. The molecule has 1 aliphatic rings. The third kappa shape index (κ3) is 3.87. The van der Waals surface area contributed by atoms with Crippen molar-refractivity contribution < 1.29 is 24.2 Å². The van der Waals surface area contributed by atoms with Gasteiger partial charge in [0.05, 0.1) is 31.2 Å². The van der Waals surface area contributed by atoms with Crippen LogP contribution in [0.4, 0.5) is 5.82 Å². The highest BCUT2D eigenvalue weighted by molar-refractivity contribution is 6.02. The van der Waals surface area contributed by atoms with Crippen LogP contribution in [0.15, 0.2) is 30.7 Å². The molecule has 1 N–H and O–H groups in total. The molecule has 2 aromatic rings. The molecule has 0 radical (unpaired) electrons. The maximum absolute atomic E-state index is 13.1. The second-order valence-corrected chi connectivity index (χ2v) is 7.57. The standard InChI is InChI=1S/C18H23N5O5/c1-17(2,3)28-15(25)14(24)18(4)16(26)22(9-10-27-18)13-6-8-23(21-13)12-5-7-19-20-11-12/h5-8,11,14,24H,9-10H2,1-4H3/t14-,18+/m0/s1. The molecule has 2 atom stereocenters. The third-order valence-electron chi connectivity index (χ3n) is 4.22. The van der Waals surface area contributed by atoms with Gasteiger partial charge in [0.2, 0.25) is 0 Å². The van der Waals surface area contributed by atoms with Crippen molar-refractivity contribution in [2.24, 2.45) is 0 Å². The van der Waals surface area contributed by atoms with E-state index >= 15 is 0 Å². The van der Waals surface area contributed by atoms with E-state index in [0.717, 1.165) is 0 Å². The van der Waals surface area contributed by atoms with E-state index in [1.54, 1.807) is 43.8 Å². The molecule has 0 saturated carbocycles. The predicted octanol–water partition coefficient (Wildman–Crippen LogP) is 0.487. The van der Waals surface area contributed by atoms with Crippen LogP contribution in [0, 0.1) is 0 Å². The Labute approximate surface area is 162 Å². The van der Waals surface area contributed by atoms with Crippen LogP contribution >= 0.6 is 0 Å². The molecule has 2 aromatic heterocycles. The Morgan fingerprint density at radius 1 is 1.36 bits per heavy atom. The molecule has 150 valence electrons. The number of rotatable bonds is 4.